The van der Waals surface area contributed by atoms with Crippen molar-refractivity contribution >= 4 is 24.1 Å². The molecular weight excluding hydrogens is 322 g/mol. The number of imide groups is 1. The third-order valence-corrected chi connectivity index (χ3v) is 5.45. The molecule has 1 atom stereocenters. The average molecular weight is 351 g/mol. The fourth-order valence-corrected chi connectivity index (χ4v) is 3.67. The van der Waals surface area contributed by atoms with E-state index in [1.165, 1.54) is 9.80 Å². The summed E-state index contributed by atoms with van der Waals surface area (Å²) in [6, 6.07) is 0. The summed E-state index contributed by atoms with van der Waals surface area (Å²) in [5.41, 5.74) is 0. The molecule has 1 unspecified atom stereocenters. The molecule has 140 valence electrons. The van der Waals surface area contributed by atoms with Crippen molar-refractivity contribution in [3.05, 3.63) is 0 Å². The van der Waals surface area contributed by atoms with E-state index in [4.69, 9.17) is 0 Å². The van der Waals surface area contributed by atoms with Crippen LogP contribution >= 0.6 is 0 Å². The van der Waals surface area contributed by atoms with Gasteiger partial charge in [0.25, 0.3) is 0 Å². The molecule has 7 nitrogen and oxygen atoms in total. The van der Waals surface area contributed by atoms with Crippen LogP contribution < -0.4 is 0 Å². The van der Waals surface area contributed by atoms with Gasteiger partial charge in [0.2, 0.25) is 24.1 Å². The van der Waals surface area contributed by atoms with Crippen LogP contribution in [0.2, 0.25) is 0 Å². The molecule has 2 fully saturated rings. The molecule has 2 rings (SSSR count). The maximum atomic E-state index is 12.5. The largest absolute Gasteiger partial charge is 0.347 e. The van der Waals surface area contributed by atoms with Gasteiger partial charge < -0.3 is 9.80 Å². The van der Waals surface area contributed by atoms with Crippen molar-refractivity contribution in [1.29, 1.82) is 0 Å². The predicted octanol–water partition coefficient (Wildman–Crippen LogP) is 0.734. The Hall–Kier alpha value is -1.92. The van der Waals surface area contributed by atoms with Crippen LogP contribution in [0.15, 0.2) is 0 Å². The average Bonchev–Trinajstić information content (AvgIpc) is 2.85. The van der Waals surface area contributed by atoms with Gasteiger partial charge >= 0.3 is 0 Å². The van der Waals surface area contributed by atoms with Crippen molar-refractivity contribution in [2.75, 3.05) is 33.7 Å². The van der Waals surface area contributed by atoms with E-state index in [9.17, 15) is 19.2 Å². The van der Waals surface area contributed by atoms with E-state index in [2.05, 4.69) is 0 Å². The van der Waals surface area contributed by atoms with Crippen LogP contribution in [0.25, 0.3) is 0 Å². The molecule has 2 aliphatic rings. The first kappa shape index (κ1) is 19.4. The number of hydrogen-bond acceptors (Lipinski definition) is 4. The van der Waals surface area contributed by atoms with Crippen molar-refractivity contribution < 1.29 is 19.2 Å². The molecular formula is C18H29N3O4. The Morgan fingerprint density at radius 3 is 2.32 bits per heavy atom. The van der Waals surface area contributed by atoms with Crippen molar-refractivity contribution in [3.8, 4) is 0 Å². The summed E-state index contributed by atoms with van der Waals surface area (Å²) in [5.74, 6) is 0.126. The van der Waals surface area contributed by atoms with E-state index in [1.807, 2.05) is 0 Å². The molecule has 1 saturated carbocycles. The van der Waals surface area contributed by atoms with E-state index in [0.717, 1.165) is 32.1 Å². The maximum absolute atomic E-state index is 12.5. The molecule has 0 radical (unpaired) electrons. The molecule has 0 spiro atoms. The van der Waals surface area contributed by atoms with E-state index >= 15 is 0 Å². The van der Waals surface area contributed by atoms with Crippen LogP contribution in [0, 0.1) is 17.8 Å². The first-order chi connectivity index (χ1) is 11.8. The van der Waals surface area contributed by atoms with Crippen LogP contribution in [-0.4, -0.2) is 72.6 Å². The molecule has 0 aromatic carbocycles. The Labute approximate surface area is 149 Å². The summed E-state index contributed by atoms with van der Waals surface area (Å²) in [6.07, 6.45) is 4.40. The van der Waals surface area contributed by atoms with Crippen LogP contribution in [0.3, 0.4) is 0 Å². The number of carbonyl (C=O) groups is 4. The van der Waals surface area contributed by atoms with Crippen LogP contribution in [-0.2, 0) is 19.2 Å². The van der Waals surface area contributed by atoms with Gasteiger partial charge in [-0.15, -0.1) is 0 Å². The van der Waals surface area contributed by atoms with E-state index < -0.39 is 0 Å². The van der Waals surface area contributed by atoms with Crippen molar-refractivity contribution in [2.24, 2.45) is 17.8 Å². The van der Waals surface area contributed by atoms with Gasteiger partial charge in [0.1, 0.15) is 0 Å². The van der Waals surface area contributed by atoms with Crippen molar-refractivity contribution in [1.82, 2.24) is 14.7 Å². The summed E-state index contributed by atoms with van der Waals surface area (Å²) >= 11 is 0. The molecule has 0 aromatic rings. The molecule has 1 saturated heterocycles. The molecule has 0 N–H and O–H groups in total. The molecule has 1 heterocycles. The highest BCUT2D eigenvalue weighted by atomic mass is 16.2. The summed E-state index contributed by atoms with van der Waals surface area (Å²) in [4.78, 5) is 51.6. The Bertz CT molecular complexity index is 528. The van der Waals surface area contributed by atoms with Crippen LogP contribution in [0.4, 0.5) is 0 Å². The maximum Gasteiger partial charge on any atom is 0.232 e. The van der Waals surface area contributed by atoms with Gasteiger partial charge in [0, 0.05) is 52.0 Å². The smallest absolute Gasteiger partial charge is 0.232 e. The molecule has 0 aromatic heterocycles. The van der Waals surface area contributed by atoms with Gasteiger partial charge in [0.05, 0.1) is 0 Å². The topological polar surface area (TPSA) is 78.0 Å². The molecule has 0 bridgehead atoms. The lowest BCUT2D eigenvalue weighted by Crippen LogP contribution is -2.40. The van der Waals surface area contributed by atoms with Gasteiger partial charge in [-0.2, -0.15) is 0 Å². The minimum Gasteiger partial charge on any atom is -0.347 e. The number of carbonyl (C=O) groups excluding carboxylic acids is 4. The monoisotopic (exact) mass is 351 g/mol. The SMILES string of the molecule is CC1CC(=O)N(C[C@H]2CC[C@H](C(=O)N(C)CCN(C)C=O)CC2)C1=O. The second-order valence-electron chi connectivity index (χ2n) is 7.51. The second-order valence-corrected chi connectivity index (χ2v) is 7.51. The number of hydrogen-bond donors (Lipinski definition) is 0. The van der Waals surface area contributed by atoms with Gasteiger partial charge in [-0.25, -0.2) is 0 Å². The second kappa shape index (κ2) is 8.45. The third kappa shape index (κ3) is 4.80. The van der Waals surface area contributed by atoms with Gasteiger partial charge in [-0.05, 0) is 31.6 Å². The summed E-state index contributed by atoms with van der Waals surface area (Å²) in [5, 5.41) is 0. The minimum atomic E-state index is -0.191. The number of rotatable bonds is 7. The zero-order chi connectivity index (χ0) is 18.6. The minimum absolute atomic E-state index is 0.00620. The first-order valence-corrected chi connectivity index (χ1v) is 9.08. The summed E-state index contributed by atoms with van der Waals surface area (Å²) in [6.45, 7) is 3.36. The fraction of sp³-hybridized carbons (Fsp3) is 0.778. The molecule has 1 aliphatic heterocycles. The van der Waals surface area contributed by atoms with Gasteiger partial charge in [-0.3, -0.25) is 24.1 Å². The standard InChI is InChI=1S/C18H29N3O4/c1-13-10-16(23)21(17(13)24)11-14-4-6-15(7-5-14)18(25)20(3)9-8-19(2)12-22/h12-15H,4-11H2,1-3H3/t13?,14-,15-. The lowest BCUT2D eigenvalue weighted by atomic mass is 9.81. The Morgan fingerprint density at radius 1 is 1.16 bits per heavy atom. The van der Waals surface area contributed by atoms with Crippen LogP contribution in [0.1, 0.15) is 39.0 Å². The zero-order valence-corrected chi connectivity index (χ0v) is 15.4. The number of nitrogens with zero attached hydrogens (tertiary/aromatic N) is 3. The van der Waals surface area contributed by atoms with Gasteiger partial charge in [-0.1, -0.05) is 6.92 Å². The van der Waals surface area contributed by atoms with Gasteiger partial charge in [0.15, 0.2) is 0 Å². The highest BCUT2D eigenvalue weighted by Gasteiger charge is 2.38. The highest BCUT2D eigenvalue weighted by Crippen LogP contribution is 2.32. The highest BCUT2D eigenvalue weighted by molar-refractivity contribution is 6.03. The molecule has 1 aliphatic carbocycles. The Balaban J connectivity index is 1.77. The number of amides is 4. The van der Waals surface area contributed by atoms with E-state index in [-0.39, 0.29) is 29.6 Å². The lowest BCUT2D eigenvalue weighted by molar-refractivity contribution is -0.141. The molecule has 7 heteroatoms. The zero-order valence-electron chi connectivity index (χ0n) is 15.4. The Morgan fingerprint density at radius 2 is 1.80 bits per heavy atom. The normalized spacial score (nSPS) is 26.7. The fourth-order valence-electron chi connectivity index (χ4n) is 3.67. The molecule has 4 amide bonds. The van der Waals surface area contributed by atoms with Crippen LogP contribution in [0.5, 0.6) is 0 Å². The third-order valence-electron chi connectivity index (χ3n) is 5.45. The van der Waals surface area contributed by atoms with Crippen molar-refractivity contribution in [3.63, 3.8) is 0 Å². The quantitative estimate of drug-likeness (QED) is 0.500. The first-order valence-electron chi connectivity index (χ1n) is 9.08. The van der Waals surface area contributed by atoms with Crippen molar-refractivity contribution in [2.45, 2.75) is 39.0 Å². The van der Waals surface area contributed by atoms with E-state index in [0.29, 0.717) is 32.0 Å². The number of likely N-dealkylation sites (tertiary alicyclic amines) is 1. The lowest BCUT2D eigenvalue weighted by Gasteiger charge is -2.32. The van der Waals surface area contributed by atoms with E-state index in [1.54, 1.807) is 25.9 Å². The Kier molecular flexibility index (Phi) is 6.56. The summed E-state index contributed by atoms with van der Waals surface area (Å²) < 4.78 is 0. The summed E-state index contributed by atoms with van der Waals surface area (Å²) in [7, 11) is 3.47. The predicted molar refractivity (Wildman–Crippen MR) is 92.3 cm³/mol. The number of likely N-dealkylation sites (N-methyl/N-ethyl adjacent to an activating group) is 2. The molecule has 25 heavy (non-hydrogen) atoms.